The van der Waals surface area contributed by atoms with E-state index in [4.69, 9.17) is 4.74 Å². The molecule has 0 bridgehead atoms. The van der Waals surface area contributed by atoms with Gasteiger partial charge in [-0.05, 0) is 27.2 Å². The Morgan fingerprint density at radius 2 is 2.35 bits per heavy atom. The highest BCUT2D eigenvalue weighted by atomic mass is 16.5. The van der Waals surface area contributed by atoms with Gasteiger partial charge >= 0.3 is 0 Å². The molecule has 17 heavy (non-hydrogen) atoms. The highest BCUT2D eigenvalue weighted by Crippen LogP contribution is 2.24. The summed E-state index contributed by atoms with van der Waals surface area (Å²) in [6, 6.07) is 0. The molecule has 0 radical (unpaired) electrons. The third-order valence-corrected chi connectivity index (χ3v) is 2.95. The van der Waals surface area contributed by atoms with Crippen molar-refractivity contribution in [2.75, 3.05) is 30.4 Å². The number of hydrogen-bond donors (Lipinski definition) is 2. The molecule has 2 heterocycles. The number of nitrogens with one attached hydrogen (secondary N) is 2. The molecule has 1 aliphatic heterocycles. The van der Waals surface area contributed by atoms with Crippen LogP contribution in [0.25, 0.3) is 0 Å². The molecule has 94 valence electrons. The zero-order valence-electron chi connectivity index (χ0n) is 10.7. The first kappa shape index (κ1) is 12.1. The van der Waals surface area contributed by atoms with Gasteiger partial charge in [0.25, 0.3) is 0 Å². The third-order valence-electron chi connectivity index (χ3n) is 2.95. The Bertz CT molecular complexity index is 388. The molecule has 1 fully saturated rings. The van der Waals surface area contributed by atoms with Crippen molar-refractivity contribution in [2.45, 2.75) is 32.7 Å². The smallest absolute Gasteiger partial charge is 0.224 e. The SMILES string of the molecule is CCNc1ncc(C)c(NC2(C)CCOC2)n1. The van der Waals surface area contributed by atoms with Gasteiger partial charge in [0.05, 0.1) is 12.1 Å². The van der Waals surface area contributed by atoms with Gasteiger partial charge in [-0.25, -0.2) is 4.98 Å². The number of ether oxygens (including phenoxy) is 1. The molecule has 0 spiro atoms. The van der Waals surface area contributed by atoms with E-state index >= 15 is 0 Å². The van der Waals surface area contributed by atoms with E-state index in [9.17, 15) is 0 Å². The monoisotopic (exact) mass is 236 g/mol. The minimum Gasteiger partial charge on any atom is -0.379 e. The molecule has 0 amide bonds. The van der Waals surface area contributed by atoms with Crippen LogP contribution in [-0.4, -0.2) is 35.3 Å². The number of aryl methyl sites for hydroxylation is 1. The molecule has 1 atom stereocenters. The summed E-state index contributed by atoms with van der Waals surface area (Å²) in [7, 11) is 0. The molecule has 0 saturated carbocycles. The van der Waals surface area contributed by atoms with Gasteiger partial charge in [-0.3, -0.25) is 0 Å². The van der Waals surface area contributed by atoms with Gasteiger partial charge in [-0.15, -0.1) is 0 Å². The predicted molar refractivity (Wildman–Crippen MR) is 68.4 cm³/mol. The first-order valence-corrected chi connectivity index (χ1v) is 6.06. The zero-order valence-corrected chi connectivity index (χ0v) is 10.7. The van der Waals surface area contributed by atoms with Crippen molar-refractivity contribution in [1.29, 1.82) is 0 Å². The molecule has 1 unspecified atom stereocenters. The zero-order chi connectivity index (χ0) is 12.3. The van der Waals surface area contributed by atoms with Crippen molar-refractivity contribution in [3.8, 4) is 0 Å². The fourth-order valence-corrected chi connectivity index (χ4v) is 1.86. The van der Waals surface area contributed by atoms with E-state index in [1.807, 2.05) is 20.0 Å². The van der Waals surface area contributed by atoms with E-state index in [0.29, 0.717) is 5.95 Å². The van der Waals surface area contributed by atoms with Gasteiger partial charge in [0, 0.05) is 24.9 Å². The fourth-order valence-electron chi connectivity index (χ4n) is 1.86. The van der Waals surface area contributed by atoms with Gasteiger partial charge in [0.15, 0.2) is 0 Å². The van der Waals surface area contributed by atoms with Crippen molar-refractivity contribution in [3.63, 3.8) is 0 Å². The molecule has 1 aliphatic rings. The van der Waals surface area contributed by atoms with Crippen LogP contribution in [0.2, 0.25) is 0 Å². The van der Waals surface area contributed by atoms with Crippen LogP contribution in [0.3, 0.4) is 0 Å². The first-order chi connectivity index (χ1) is 8.13. The van der Waals surface area contributed by atoms with E-state index in [1.54, 1.807) is 0 Å². The summed E-state index contributed by atoms with van der Waals surface area (Å²) in [4.78, 5) is 8.71. The summed E-state index contributed by atoms with van der Waals surface area (Å²) in [6.07, 6.45) is 2.85. The van der Waals surface area contributed by atoms with E-state index < -0.39 is 0 Å². The van der Waals surface area contributed by atoms with Crippen LogP contribution < -0.4 is 10.6 Å². The van der Waals surface area contributed by atoms with Crippen molar-refractivity contribution in [2.24, 2.45) is 0 Å². The van der Waals surface area contributed by atoms with Crippen LogP contribution in [0, 0.1) is 6.92 Å². The minimum absolute atomic E-state index is 0.0113. The number of hydrogen-bond acceptors (Lipinski definition) is 5. The maximum absolute atomic E-state index is 5.43. The Balaban J connectivity index is 2.16. The maximum Gasteiger partial charge on any atom is 0.224 e. The molecule has 5 nitrogen and oxygen atoms in total. The number of aromatic nitrogens is 2. The van der Waals surface area contributed by atoms with E-state index in [-0.39, 0.29) is 5.54 Å². The molecular formula is C12H20N4O. The predicted octanol–water partition coefficient (Wildman–Crippen LogP) is 1.81. The maximum atomic E-state index is 5.43. The van der Waals surface area contributed by atoms with Crippen LogP contribution in [0.15, 0.2) is 6.20 Å². The van der Waals surface area contributed by atoms with Crippen LogP contribution >= 0.6 is 0 Å². The summed E-state index contributed by atoms with van der Waals surface area (Å²) in [6.45, 7) is 8.57. The molecule has 2 rings (SSSR count). The van der Waals surface area contributed by atoms with Crippen molar-refractivity contribution in [1.82, 2.24) is 9.97 Å². The van der Waals surface area contributed by atoms with E-state index in [2.05, 4.69) is 27.5 Å². The highest BCUT2D eigenvalue weighted by molar-refractivity contribution is 5.48. The molecule has 1 aromatic rings. The Labute approximate surface area is 102 Å². The fraction of sp³-hybridized carbons (Fsp3) is 0.667. The lowest BCUT2D eigenvalue weighted by molar-refractivity contribution is 0.185. The van der Waals surface area contributed by atoms with Crippen LogP contribution in [0.4, 0.5) is 11.8 Å². The lowest BCUT2D eigenvalue weighted by Gasteiger charge is -2.25. The molecule has 5 heteroatoms. The molecule has 2 N–H and O–H groups in total. The molecule has 0 aliphatic carbocycles. The Hall–Kier alpha value is -1.36. The van der Waals surface area contributed by atoms with Crippen LogP contribution in [0.1, 0.15) is 25.8 Å². The normalized spacial score (nSPS) is 23.7. The molecule has 0 aromatic carbocycles. The number of anilines is 2. The molecule has 1 aromatic heterocycles. The van der Waals surface area contributed by atoms with Gasteiger partial charge in [0.2, 0.25) is 5.95 Å². The summed E-state index contributed by atoms with van der Waals surface area (Å²) in [5.74, 6) is 1.56. The summed E-state index contributed by atoms with van der Waals surface area (Å²) in [5.41, 5.74) is 1.04. The van der Waals surface area contributed by atoms with Crippen LogP contribution in [0.5, 0.6) is 0 Å². The highest BCUT2D eigenvalue weighted by Gasteiger charge is 2.30. The Morgan fingerprint density at radius 1 is 1.53 bits per heavy atom. The second-order valence-corrected chi connectivity index (χ2v) is 4.74. The second-order valence-electron chi connectivity index (χ2n) is 4.74. The van der Waals surface area contributed by atoms with Crippen molar-refractivity contribution in [3.05, 3.63) is 11.8 Å². The minimum atomic E-state index is -0.0113. The van der Waals surface area contributed by atoms with E-state index in [0.717, 1.165) is 37.6 Å². The molecule has 1 saturated heterocycles. The average molecular weight is 236 g/mol. The number of nitrogens with zero attached hydrogens (tertiary/aromatic N) is 2. The van der Waals surface area contributed by atoms with Gasteiger partial charge < -0.3 is 15.4 Å². The first-order valence-electron chi connectivity index (χ1n) is 6.06. The Kier molecular flexibility index (Phi) is 3.47. The summed E-state index contributed by atoms with van der Waals surface area (Å²) in [5, 5.41) is 6.59. The van der Waals surface area contributed by atoms with Crippen molar-refractivity contribution < 1.29 is 4.74 Å². The summed E-state index contributed by atoms with van der Waals surface area (Å²) < 4.78 is 5.43. The number of rotatable bonds is 4. The van der Waals surface area contributed by atoms with Gasteiger partial charge in [-0.2, -0.15) is 4.98 Å². The van der Waals surface area contributed by atoms with Gasteiger partial charge in [-0.1, -0.05) is 0 Å². The lowest BCUT2D eigenvalue weighted by Crippen LogP contribution is -2.35. The largest absolute Gasteiger partial charge is 0.379 e. The standard InChI is InChI=1S/C12H20N4O/c1-4-13-11-14-7-9(2)10(15-11)16-12(3)5-6-17-8-12/h7H,4-6,8H2,1-3H3,(H2,13,14,15,16). The quantitative estimate of drug-likeness (QED) is 0.835. The third kappa shape index (κ3) is 2.85. The Morgan fingerprint density at radius 3 is 3.00 bits per heavy atom. The van der Waals surface area contributed by atoms with Crippen molar-refractivity contribution >= 4 is 11.8 Å². The van der Waals surface area contributed by atoms with Crippen LogP contribution in [-0.2, 0) is 4.74 Å². The molecular weight excluding hydrogens is 216 g/mol. The van der Waals surface area contributed by atoms with E-state index in [1.165, 1.54) is 0 Å². The lowest BCUT2D eigenvalue weighted by atomic mass is 10.0. The average Bonchev–Trinajstić information content (AvgIpc) is 2.70. The van der Waals surface area contributed by atoms with Gasteiger partial charge in [0.1, 0.15) is 5.82 Å². The summed E-state index contributed by atoms with van der Waals surface area (Å²) >= 11 is 0. The second kappa shape index (κ2) is 4.87. The topological polar surface area (TPSA) is 59.1 Å².